The van der Waals surface area contributed by atoms with Gasteiger partial charge in [0.05, 0.1) is 10.8 Å². The highest BCUT2D eigenvalue weighted by atomic mass is 79.9. The SMILES string of the molecule is CC1CCC(C(N)=O)CN1S(=O)(=O)c1cccc(Br)c1. The van der Waals surface area contributed by atoms with Gasteiger partial charge in [0.2, 0.25) is 15.9 Å². The fourth-order valence-corrected chi connectivity index (χ4v) is 4.71. The molecule has 0 saturated carbocycles. The Morgan fingerprint density at radius 1 is 1.40 bits per heavy atom. The lowest BCUT2D eigenvalue weighted by Gasteiger charge is -2.35. The molecule has 1 aromatic rings. The molecule has 0 radical (unpaired) electrons. The van der Waals surface area contributed by atoms with Gasteiger partial charge in [0.15, 0.2) is 0 Å². The van der Waals surface area contributed by atoms with Gasteiger partial charge in [-0.2, -0.15) is 4.31 Å². The van der Waals surface area contributed by atoms with Crippen molar-refractivity contribution < 1.29 is 13.2 Å². The van der Waals surface area contributed by atoms with Crippen molar-refractivity contribution in [1.29, 1.82) is 0 Å². The third-order valence-corrected chi connectivity index (χ3v) is 6.10. The molecular formula is C13H17BrN2O3S. The Balaban J connectivity index is 2.34. The number of carbonyl (C=O) groups excluding carboxylic acids is 1. The summed E-state index contributed by atoms with van der Waals surface area (Å²) in [6, 6.07) is 6.44. The second-order valence-electron chi connectivity index (χ2n) is 5.06. The first kappa shape index (κ1) is 15.5. The lowest BCUT2D eigenvalue weighted by molar-refractivity contribution is -0.123. The normalized spacial score (nSPS) is 24.5. The van der Waals surface area contributed by atoms with Crippen LogP contribution in [0.2, 0.25) is 0 Å². The smallest absolute Gasteiger partial charge is 0.243 e. The van der Waals surface area contributed by atoms with Crippen LogP contribution in [0.1, 0.15) is 19.8 Å². The van der Waals surface area contributed by atoms with Crippen LogP contribution in [0.5, 0.6) is 0 Å². The van der Waals surface area contributed by atoms with Crippen molar-refractivity contribution in [3.05, 3.63) is 28.7 Å². The molecular weight excluding hydrogens is 344 g/mol. The lowest BCUT2D eigenvalue weighted by atomic mass is 9.95. The van der Waals surface area contributed by atoms with E-state index in [-0.39, 0.29) is 17.5 Å². The average Bonchev–Trinajstić information content (AvgIpc) is 2.38. The van der Waals surface area contributed by atoms with Crippen molar-refractivity contribution in [2.75, 3.05) is 6.54 Å². The number of benzene rings is 1. The molecule has 0 aromatic heterocycles. The van der Waals surface area contributed by atoms with Crippen LogP contribution in [0.4, 0.5) is 0 Å². The first-order valence-corrected chi connectivity index (χ1v) is 8.62. The first-order valence-electron chi connectivity index (χ1n) is 6.39. The van der Waals surface area contributed by atoms with E-state index in [9.17, 15) is 13.2 Å². The zero-order chi connectivity index (χ0) is 14.9. The molecule has 5 nitrogen and oxygen atoms in total. The molecule has 1 heterocycles. The van der Waals surface area contributed by atoms with E-state index in [1.54, 1.807) is 24.3 Å². The molecule has 2 N–H and O–H groups in total. The molecule has 0 aliphatic carbocycles. The topological polar surface area (TPSA) is 80.5 Å². The van der Waals surface area contributed by atoms with Crippen molar-refractivity contribution in [3.63, 3.8) is 0 Å². The fraction of sp³-hybridized carbons (Fsp3) is 0.462. The first-order chi connectivity index (χ1) is 9.32. The number of halogens is 1. The van der Waals surface area contributed by atoms with Gasteiger partial charge in [-0.1, -0.05) is 22.0 Å². The summed E-state index contributed by atoms with van der Waals surface area (Å²) in [7, 11) is -3.60. The van der Waals surface area contributed by atoms with E-state index in [4.69, 9.17) is 5.73 Å². The highest BCUT2D eigenvalue weighted by molar-refractivity contribution is 9.10. The summed E-state index contributed by atoms with van der Waals surface area (Å²) in [5.41, 5.74) is 5.31. The number of piperidine rings is 1. The second-order valence-corrected chi connectivity index (χ2v) is 7.86. The van der Waals surface area contributed by atoms with Crippen LogP contribution >= 0.6 is 15.9 Å². The predicted octanol–water partition coefficient (Wildman–Crippen LogP) is 1.72. The Kier molecular flexibility index (Phi) is 4.51. The minimum atomic E-state index is -3.60. The van der Waals surface area contributed by atoms with Gasteiger partial charge < -0.3 is 5.73 Å². The van der Waals surface area contributed by atoms with E-state index < -0.39 is 21.8 Å². The number of rotatable bonds is 3. The van der Waals surface area contributed by atoms with E-state index >= 15 is 0 Å². The summed E-state index contributed by atoms with van der Waals surface area (Å²) >= 11 is 3.27. The number of nitrogens with zero attached hydrogens (tertiary/aromatic N) is 1. The molecule has 0 spiro atoms. The van der Waals surface area contributed by atoms with Crippen LogP contribution in [0.25, 0.3) is 0 Å². The number of nitrogens with two attached hydrogens (primary N) is 1. The van der Waals surface area contributed by atoms with Gasteiger partial charge in [-0.15, -0.1) is 0 Å². The second kappa shape index (κ2) is 5.83. The maximum atomic E-state index is 12.7. The molecule has 1 aliphatic heterocycles. The maximum absolute atomic E-state index is 12.7. The number of sulfonamides is 1. The van der Waals surface area contributed by atoms with E-state index in [1.807, 2.05) is 6.92 Å². The zero-order valence-electron chi connectivity index (χ0n) is 11.1. The van der Waals surface area contributed by atoms with Gasteiger partial charge in [0.25, 0.3) is 0 Å². The summed E-state index contributed by atoms with van der Waals surface area (Å²) in [4.78, 5) is 11.5. The minimum absolute atomic E-state index is 0.130. The molecule has 2 atom stereocenters. The average molecular weight is 361 g/mol. The Bertz CT molecular complexity index is 618. The minimum Gasteiger partial charge on any atom is -0.369 e. The molecule has 1 fully saturated rings. The number of carbonyl (C=O) groups is 1. The molecule has 1 amide bonds. The van der Waals surface area contributed by atoms with Crippen LogP contribution in [0.3, 0.4) is 0 Å². The highest BCUT2D eigenvalue weighted by Crippen LogP contribution is 2.28. The molecule has 1 saturated heterocycles. The van der Waals surface area contributed by atoms with E-state index in [1.165, 1.54) is 4.31 Å². The van der Waals surface area contributed by atoms with E-state index in [2.05, 4.69) is 15.9 Å². The Morgan fingerprint density at radius 2 is 2.10 bits per heavy atom. The van der Waals surface area contributed by atoms with Crippen molar-refractivity contribution in [2.24, 2.45) is 11.7 Å². The largest absolute Gasteiger partial charge is 0.369 e. The Hall–Kier alpha value is -0.920. The van der Waals surface area contributed by atoms with Gasteiger partial charge in [-0.05, 0) is 38.0 Å². The third-order valence-electron chi connectivity index (χ3n) is 3.63. The number of primary amides is 1. The molecule has 110 valence electrons. The van der Waals surface area contributed by atoms with Crippen LogP contribution in [0, 0.1) is 5.92 Å². The Labute approximate surface area is 127 Å². The summed E-state index contributed by atoms with van der Waals surface area (Å²) in [6.07, 6.45) is 1.28. The molecule has 20 heavy (non-hydrogen) atoms. The predicted molar refractivity (Wildman–Crippen MR) is 79.4 cm³/mol. The van der Waals surface area contributed by atoms with Crippen molar-refractivity contribution in [1.82, 2.24) is 4.31 Å². The maximum Gasteiger partial charge on any atom is 0.243 e. The van der Waals surface area contributed by atoms with Crippen LogP contribution in [-0.4, -0.2) is 31.2 Å². The zero-order valence-corrected chi connectivity index (χ0v) is 13.5. The molecule has 7 heteroatoms. The van der Waals surface area contributed by atoms with Crippen molar-refractivity contribution >= 4 is 31.9 Å². The third kappa shape index (κ3) is 3.05. The summed E-state index contributed by atoms with van der Waals surface area (Å²) < 4.78 is 27.4. The van der Waals surface area contributed by atoms with E-state index in [0.29, 0.717) is 17.3 Å². The quantitative estimate of drug-likeness (QED) is 0.890. The van der Waals surface area contributed by atoms with Gasteiger partial charge in [0, 0.05) is 17.1 Å². The van der Waals surface area contributed by atoms with E-state index in [0.717, 1.165) is 0 Å². The molecule has 1 aromatic carbocycles. The highest BCUT2D eigenvalue weighted by Gasteiger charge is 2.36. The molecule has 0 bridgehead atoms. The summed E-state index contributed by atoms with van der Waals surface area (Å²) in [5.74, 6) is -0.848. The van der Waals surface area contributed by atoms with Crippen LogP contribution in [0.15, 0.2) is 33.6 Å². The summed E-state index contributed by atoms with van der Waals surface area (Å²) in [6.45, 7) is 2.01. The standard InChI is InChI=1S/C13H17BrN2O3S/c1-9-5-6-10(13(15)17)8-16(9)20(18,19)12-4-2-3-11(14)7-12/h2-4,7,9-10H,5-6,8H2,1H3,(H2,15,17). The molecule has 1 aliphatic rings. The van der Waals surface area contributed by atoms with Crippen molar-refractivity contribution in [3.8, 4) is 0 Å². The van der Waals surface area contributed by atoms with Crippen LogP contribution < -0.4 is 5.73 Å². The van der Waals surface area contributed by atoms with Gasteiger partial charge in [-0.25, -0.2) is 8.42 Å². The Morgan fingerprint density at radius 3 is 2.70 bits per heavy atom. The number of hydrogen-bond acceptors (Lipinski definition) is 3. The van der Waals surface area contributed by atoms with Gasteiger partial charge >= 0.3 is 0 Å². The van der Waals surface area contributed by atoms with Crippen molar-refractivity contribution in [2.45, 2.75) is 30.7 Å². The van der Waals surface area contributed by atoms with Gasteiger partial charge in [0.1, 0.15) is 0 Å². The molecule has 2 unspecified atom stereocenters. The number of amides is 1. The fourth-order valence-electron chi connectivity index (χ4n) is 2.40. The monoisotopic (exact) mass is 360 g/mol. The van der Waals surface area contributed by atoms with Gasteiger partial charge in [-0.3, -0.25) is 4.79 Å². The molecule has 2 rings (SSSR count). The summed E-state index contributed by atoms with van der Waals surface area (Å²) in [5, 5.41) is 0. The lowest BCUT2D eigenvalue weighted by Crippen LogP contribution is -2.48. The number of hydrogen-bond donors (Lipinski definition) is 1. The van der Waals surface area contributed by atoms with Crippen LogP contribution in [-0.2, 0) is 14.8 Å².